The molecule has 1 saturated heterocycles. The van der Waals surface area contributed by atoms with Crippen LogP contribution in [0.1, 0.15) is 30.0 Å². The van der Waals surface area contributed by atoms with Gasteiger partial charge in [0.25, 0.3) is 5.91 Å². The Morgan fingerprint density at radius 2 is 2.17 bits per heavy atom. The van der Waals surface area contributed by atoms with Crippen LogP contribution < -0.4 is 11.1 Å². The SMILES string of the molecule is CN1CC(=O)N(CC(=O)NC2CCCc3cc(N)ccc32)C1=O. The van der Waals surface area contributed by atoms with E-state index in [1.165, 1.54) is 4.90 Å². The van der Waals surface area contributed by atoms with E-state index >= 15 is 0 Å². The minimum absolute atomic E-state index is 0.0254. The lowest BCUT2D eigenvalue weighted by molar-refractivity contribution is -0.131. The summed E-state index contributed by atoms with van der Waals surface area (Å²) in [6, 6.07) is 5.18. The van der Waals surface area contributed by atoms with Crippen LogP contribution >= 0.6 is 0 Å². The molecule has 1 aromatic carbocycles. The quantitative estimate of drug-likeness (QED) is 0.632. The Morgan fingerprint density at radius 1 is 1.39 bits per heavy atom. The van der Waals surface area contributed by atoms with Crippen LogP contribution in [0.15, 0.2) is 18.2 Å². The number of nitrogens with zero attached hydrogens (tertiary/aromatic N) is 2. The summed E-state index contributed by atoms with van der Waals surface area (Å²) >= 11 is 0. The highest BCUT2D eigenvalue weighted by Gasteiger charge is 2.35. The van der Waals surface area contributed by atoms with Gasteiger partial charge in [0.15, 0.2) is 0 Å². The van der Waals surface area contributed by atoms with Gasteiger partial charge in [-0.05, 0) is 42.5 Å². The number of nitrogens with one attached hydrogen (secondary N) is 1. The minimum Gasteiger partial charge on any atom is -0.399 e. The molecule has 1 unspecified atom stereocenters. The Bertz CT molecular complexity index is 673. The van der Waals surface area contributed by atoms with Gasteiger partial charge in [-0.1, -0.05) is 6.07 Å². The molecule has 2 aliphatic rings. The third-order valence-electron chi connectivity index (χ3n) is 4.35. The molecule has 1 aliphatic heterocycles. The summed E-state index contributed by atoms with van der Waals surface area (Å²) in [6.07, 6.45) is 2.75. The number of carbonyl (C=O) groups is 3. The lowest BCUT2D eigenvalue weighted by atomic mass is 9.87. The van der Waals surface area contributed by atoms with Gasteiger partial charge in [-0.3, -0.25) is 14.5 Å². The summed E-state index contributed by atoms with van der Waals surface area (Å²) < 4.78 is 0. The zero-order chi connectivity index (χ0) is 16.6. The largest absolute Gasteiger partial charge is 0.399 e. The van der Waals surface area contributed by atoms with Crippen LogP contribution in [0.2, 0.25) is 0 Å². The van der Waals surface area contributed by atoms with Gasteiger partial charge in [-0.2, -0.15) is 0 Å². The van der Waals surface area contributed by atoms with Gasteiger partial charge >= 0.3 is 6.03 Å². The number of carbonyl (C=O) groups excluding carboxylic acids is 3. The Kier molecular flexibility index (Phi) is 3.94. The molecule has 1 fully saturated rings. The number of urea groups is 1. The highest BCUT2D eigenvalue weighted by atomic mass is 16.2. The molecular weight excluding hydrogens is 296 g/mol. The van der Waals surface area contributed by atoms with E-state index in [4.69, 9.17) is 5.73 Å². The van der Waals surface area contributed by atoms with Crippen LogP contribution in [0.5, 0.6) is 0 Å². The number of aryl methyl sites for hydroxylation is 1. The molecule has 1 aromatic rings. The van der Waals surface area contributed by atoms with Crippen LogP contribution in [0.4, 0.5) is 10.5 Å². The molecule has 23 heavy (non-hydrogen) atoms. The average Bonchev–Trinajstić information content (AvgIpc) is 2.73. The molecule has 7 heteroatoms. The normalized spacial score (nSPS) is 20.7. The monoisotopic (exact) mass is 316 g/mol. The van der Waals surface area contributed by atoms with E-state index in [0.29, 0.717) is 5.69 Å². The van der Waals surface area contributed by atoms with E-state index in [9.17, 15) is 14.4 Å². The summed E-state index contributed by atoms with van der Waals surface area (Å²) in [4.78, 5) is 38.1. The van der Waals surface area contributed by atoms with E-state index in [2.05, 4.69) is 5.32 Å². The molecule has 4 amide bonds. The van der Waals surface area contributed by atoms with E-state index in [1.54, 1.807) is 7.05 Å². The van der Waals surface area contributed by atoms with E-state index in [0.717, 1.165) is 35.3 Å². The predicted molar refractivity (Wildman–Crippen MR) is 84.4 cm³/mol. The van der Waals surface area contributed by atoms with Crippen molar-refractivity contribution in [3.63, 3.8) is 0 Å². The molecule has 0 spiro atoms. The number of fused-ring (bicyclic) bond motifs is 1. The molecule has 7 nitrogen and oxygen atoms in total. The van der Waals surface area contributed by atoms with Crippen molar-refractivity contribution >= 4 is 23.5 Å². The summed E-state index contributed by atoms with van der Waals surface area (Å²) in [6.45, 7) is -0.208. The first-order chi connectivity index (χ1) is 11.0. The van der Waals surface area contributed by atoms with Crippen molar-refractivity contribution in [1.82, 2.24) is 15.1 Å². The topological polar surface area (TPSA) is 95.7 Å². The Hall–Kier alpha value is -2.57. The molecule has 0 bridgehead atoms. The van der Waals surface area contributed by atoms with Crippen LogP contribution in [0.25, 0.3) is 0 Å². The number of nitrogens with two attached hydrogens (primary N) is 1. The lowest BCUT2D eigenvalue weighted by Crippen LogP contribution is -2.42. The first-order valence-electron chi connectivity index (χ1n) is 7.69. The number of hydrogen-bond acceptors (Lipinski definition) is 4. The third-order valence-corrected chi connectivity index (χ3v) is 4.35. The van der Waals surface area contributed by atoms with E-state index < -0.39 is 6.03 Å². The van der Waals surface area contributed by atoms with Crippen molar-refractivity contribution in [3.8, 4) is 0 Å². The van der Waals surface area contributed by atoms with Crippen molar-refractivity contribution in [3.05, 3.63) is 29.3 Å². The Morgan fingerprint density at radius 3 is 2.87 bits per heavy atom. The second-order valence-corrected chi connectivity index (χ2v) is 6.09. The maximum atomic E-state index is 12.2. The molecule has 122 valence electrons. The van der Waals surface area contributed by atoms with Crippen LogP contribution in [0.3, 0.4) is 0 Å². The predicted octanol–water partition coefficient (Wildman–Crippen LogP) is 0.656. The highest BCUT2D eigenvalue weighted by Crippen LogP contribution is 2.30. The second-order valence-electron chi connectivity index (χ2n) is 6.09. The lowest BCUT2D eigenvalue weighted by Gasteiger charge is -2.27. The molecule has 3 N–H and O–H groups in total. The van der Waals surface area contributed by atoms with Crippen molar-refractivity contribution in [1.29, 1.82) is 0 Å². The summed E-state index contributed by atoms with van der Waals surface area (Å²) in [5.41, 5.74) is 8.73. The number of hydrogen-bond donors (Lipinski definition) is 2. The van der Waals surface area contributed by atoms with Gasteiger partial charge in [0.05, 0.1) is 6.04 Å². The second kappa shape index (κ2) is 5.91. The standard InChI is InChI=1S/C16H20N4O3/c1-19-9-15(22)20(16(19)23)8-14(21)18-13-4-2-3-10-7-11(17)5-6-12(10)13/h5-7,13H,2-4,8-9,17H2,1H3,(H,18,21). The molecule has 0 saturated carbocycles. The molecule has 1 atom stereocenters. The fourth-order valence-corrected chi connectivity index (χ4v) is 3.19. The van der Waals surface area contributed by atoms with Crippen molar-refractivity contribution in [2.24, 2.45) is 0 Å². The Labute approximate surface area is 134 Å². The summed E-state index contributed by atoms with van der Waals surface area (Å²) in [5, 5.41) is 2.93. The number of imide groups is 1. The number of amides is 4. The van der Waals surface area contributed by atoms with Crippen LogP contribution in [-0.4, -0.2) is 47.8 Å². The number of anilines is 1. The molecular formula is C16H20N4O3. The highest BCUT2D eigenvalue weighted by molar-refractivity contribution is 6.04. The molecule has 0 aromatic heterocycles. The first-order valence-corrected chi connectivity index (χ1v) is 7.69. The molecule has 3 rings (SSSR count). The zero-order valence-electron chi connectivity index (χ0n) is 13.0. The molecule has 1 aliphatic carbocycles. The number of likely N-dealkylation sites (N-methyl/N-ethyl adjacent to an activating group) is 1. The van der Waals surface area contributed by atoms with Crippen LogP contribution in [0, 0.1) is 0 Å². The number of rotatable bonds is 3. The smallest absolute Gasteiger partial charge is 0.327 e. The summed E-state index contributed by atoms with van der Waals surface area (Å²) in [5.74, 6) is -0.666. The van der Waals surface area contributed by atoms with Gasteiger partial charge in [0.1, 0.15) is 13.1 Å². The van der Waals surface area contributed by atoms with Crippen molar-refractivity contribution in [2.45, 2.75) is 25.3 Å². The van der Waals surface area contributed by atoms with Crippen molar-refractivity contribution in [2.75, 3.05) is 25.9 Å². The fourth-order valence-electron chi connectivity index (χ4n) is 3.19. The number of benzene rings is 1. The van der Waals surface area contributed by atoms with Gasteiger partial charge in [0, 0.05) is 12.7 Å². The summed E-state index contributed by atoms with van der Waals surface area (Å²) in [7, 11) is 1.54. The first kappa shape index (κ1) is 15.3. The molecule has 0 radical (unpaired) electrons. The maximum Gasteiger partial charge on any atom is 0.327 e. The number of nitrogen functional groups attached to an aromatic ring is 1. The van der Waals surface area contributed by atoms with Gasteiger partial charge in [0.2, 0.25) is 5.91 Å². The third kappa shape index (κ3) is 2.99. The van der Waals surface area contributed by atoms with Crippen LogP contribution in [-0.2, 0) is 16.0 Å². The van der Waals surface area contributed by atoms with Gasteiger partial charge in [-0.25, -0.2) is 4.79 Å². The Balaban J connectivity index is 1.68. The minimum atomic E-state index is -0.429. The van der Waals surface area contributed by atoms with Gasteiger partial charge in [-0.15, -0.1) is 0 Å². The van der Waals surface area contributed by atoms with E-state index in [-0.39, 0.29) is 30.9 Å². The maximum absolute atomic E-state index is 12.2. The average molecular weight is 316 g/mol. The van der Waals surface area contributed by atoms with Gasteiger partial charge < -0.3 is 16.0 Å². The van der Waals surface area contributed by atoms with Crippen molar-refractivity contribution < 1.29 is 14.4 Å². The van der Waals surface area contributed by atoms with E-state index in [1.807, 2.05) is 18.2 Å². The molecule has 1 heterocycles. The fraction of sp³-hybridized carbons (Fsp3) is 0.438. The zero-order valence-corrected chi connectivity index (χ0v) is 13.0.